The molecule has 0 aliphatic carbocycles. The summed E-state index contributed by atoms with van der Waals surface area (Å²) < 4.78 is 0. The fourth-order valence-electron chi connectivity index (χ4n) is 2.05. The first-order chi connectivity index (χ1) is 9.45. The van der Waals surface area contributed by atoms with Crippen molar-refractivity contribution in [2.24, 2.45) is 0 Å². The number of aromatic nitrogens is 2. The highest BCUT2D eigenvalue weighted by Gasteiger charge is 1.94. The van der Waals surface area contributed by atoms with E-state index in [0.717, 1.165) is 25.9 Å². The summed E-state index contributed by atoms with van der Waals surface area (Å²) in [7, 11) is 0. The number of rotatable bonds is 8. The lowest BCUT2D eigenvalue weighted by atomic mass is 10.1. The second-order valence-corrected chi connectivity index (χ2v) is 4.68. The third-order valence-corrected chi connectivity index (χ3v) is 3.08. The highest BCUT2D eigenvalue weighted by atomic mass is 14.8. The van der Waals surface area contributed by atoms with Crippen molar-refractivity contribution in [2.75, 3.05) is 13.1 Å². The normalized spacial score (nSPS) is 10.5. The van der Waals surface area contributed by atoms with Gasteiger partial charge in [-0.15, -0.1) is 0 Å². The van der Waals surface area contributed by atoms with Crippen molar-refractivity contribution in [3.8, 4) is 0 Å². The van der Waals surface area contributed by atoms with Gasteiger partial charge < -0.3 is 5.32 Å². The molecule has 0 radical (unpaired) electrons. The molecule has 0 atom stereocenters. The smallest absolute Gasteiger partial charge is 0.0299 e. The maximum atomic E-state index is 4.12. The topological polar surface area (TPSA) is 37.8 Å². The predicted octanol–water partition coefficient (Wildman–Crippen LogP) is 2.63. The van der Waals surface area contributed by atoms with Crippen molar-refractivity contribution in [1.29, 1.82) is 0 Å². The van der Waals surface area contributed by atoms with E-state index in [1.54, 1.807) is 0 Å². The van der Waals surface area contributed by atoms with E-state index in [0.29, 0.717) is 0 Å². The number of aryl methyl sites for hydroxylation is 2. The molecule has 1 N–H and O–H groups in total. The van der Waals surface area contributed by atoms with E-state index < -0.39 is 0 Å². The summed E-state index contributed by atoms with van der Waals surface area (Å²) in [6.07, 6.45) is 12.1. The molecule has 0 saturated heterocycles. The molecule has 2 aromatic heterocycles. The van der Waals surface area contributed by atoms with E-state index >= 15 is 0 Å². The third-order valence-electron chi connectivity index (χ3n) is 3.08. The van der Waals surface area contributed by atoms with Crippen LogP contribution in [0.1, 0.15) is 24.0 Å². The minimum absolute atomic E-state index is 1.07. The highest BCUT2D eigenvalue weighted by molar-refractivity contribution is 5.09. The molecule has 19 heavy (non-hydrogen) atoms. The maximum Gasteiger partial charge on any atom is 0.0299 e. The van der Waals surface area contributed by atoms with Crippen molar-refractivity contribution in [1.82, 2.24) is 15.3 Å². The van der Waals surface area contributed by atoms with E-state index in [2.05, 4.69) is 27.4 Å². The Morgan fingerprint density at radius 3 is 1.74 bits per heavy atom. The monoisotopic (exact) mass is 255 g/mol. The Labute approximate surface area is 115 Å². The Morgan fingerprint density at radius 1 is 0.789 bits per heavy atom. The average Bonchev–Trinajstić information content (AvgIpc) is 2.48. The minimum Gasteiger partial charge on any atom is -0.317 e. The van der Waals surface area contributed by atoms with E-state index in [-0.39, 0.29) is 0 Å². The van der Waals surface area contributed by atoms with Crippen LogP contribution in [0.5, 0.6) is 0 Å². The fourth-order valence-corrected chi connectivity index (χ4v) is 2.05. The molecule has 0 saturated carbocycles. The van der Waals surface area contributed by atoms with E-state index in [1.165, 1.54) is 24.0 Å². The summed E-state index contributed by atoms with van der Waals surface area (Å²) in [4.78, 5) is 8.24. The molecule has 0 bridgehead atoms. The van der Waals surface area contributed by atoms with Crippen LogP contribution < -0.4 is 5.32 Å². The summed E-state index contributed by atoms with van der Waals surface area (Å²) in [5.74, 6) is 0. The van der Waals surface area contributed by atoms with Gasteiger partial charge in [-0.2, -0.15) is 0 Å². The molecule has 2 heterocycles. The summed E-state index contributed by atoms with van der Waals surface area (Å²) in [6.45, 7) is 2.14. The van der Waals surface area contributed by atoms with E-state index in [1.807, 2.05) is 36.9 Å². The molecular weight excluding hydrogens is 234 g/mol. The number of hydrogen-bond acceptors (Lipinski definition) is 3. The van der Waals surface area contributed by atoms with Gasteiger partial charge in [0.25, 0.3) is 0 Å². The Morgan fingerprint density at radius 2 is 1.32 bits per heavy atom. The molecule has 2 rings (SSSR count). The van der Waals surface area contributed by atoms with Crippen LogP contribution in [0, 0.1) is 0 Å². The average molecular weight is 255 g/mol. The molecular formula is C16H21N3. The van der Waals surface area contributed by atoms with Crippen LogP contribution in [0.4, 0.5) is 0 Å². The van der Waals surface area contributed by atoms with Gasteiger partial charge in [-0.05, 0) is 62.0 Å². The van der Waals surface area contributed by atoms with Crippen molar-refractivity contribution in [2.45, 2.75) is 25.7 Å². The molecule has 3 nitrogen and oxygen atoms in total. The molecule has 0 amide bonds. The zero-order valence-electron chi connectivity index (χ0n) is 11.3. The van der Waals surface area contributed by atoms with Crippen LogP contribution in [-0.2, 0) is 12.8 Å². The highest BCUT2D eigenvalue weighted by Crippen LogP contribution is 2.00. The molecule has 100 valence electrons. The van der Waals surface area contributed by atoms with Gasteiger partial charge in [-0.1, -0.05) is 12.1 Å². The molecule has 0 spiro atoms. The molecule has 0 fully saturated rings. The number of nitrogens with zero attached hydrogens (tertiary/aromatic N) is 2. The maximum absolute atomic E-state index is 4.12. The lowest BCUT2D eigenvalue weighted by molar-refractivity contribution is 0.622. The van der Waals surface area contributed by atoms with Gasteiger partial charge >= 0.3 is 0 Å². The molecule has 0 aromatic carbocycles. The first-order valence-corrected chi connectivity index (χ1v) is 6.94. The number of hydrogen-bond donors (Lipinski definition) is 1. The van der Waals surface area contributed by atoms with Gasteiger partial charge in [0.2, 0.25) is 0 Å². The second-order valence-electron chi connectivity index (χ2n) is 4.68. The van der Waals surface area contributed by atoms with Crippen LogP contribution in [0.15, 0.2) is 49.1 Å². The zero-order chi connectivity index (χ0) is 13.2. The van der Waals surface area contributed by atoms with Crippen molar-refractivity contribution < 1.29 is 0 Å². The first kappa shape index (κ1) is 13.7. The standard InChI is InChI=1S/C16H21N3/c1(5-15-7-3-11-18-13-15)9-17-10-2-6-16-8-4-12-19-14-16/h3-4,7-8,11-14,17H,1-2,5-6,9-10H2. The van der Waals surface area contributed by atoms with Crippen molar-refractivity contribution in [3.63, 3.8) is 0 Å². The van der Waals surface area contributed by atoms with Gasteiger partial charge in [0, 0.05) is 24.8 Å². The quantitative estimate of drug-likeness (QED) is 0.737. The zero-order valence-corrected chi connectivity index (χ0v) is 11.3. The Hall–Kier alpha value is -1.74. The largest absolute Gasteiger partial charge is 0.317 e. The minimum atomic E-state index is 1.07. The van der Waals surface area contributed by atoms with Gasteiger partial charge in [0.1, 0.15) is 0 Å². The van der Waals surface area contributed by atoms with Crippen LogP contribution in [0.2, 0.25) is 0 Å². The van der Waals surface area contributed by atoms with Gasteiger partial charge in [0.15, 0.2) is 0 Å². The van der Waals surface area contributed by atoms with Crippen LogP contribution in [0.3, 0.4) is 0 Å². The van der Waals surface area contributed by atoms with Crippen LogP contribution in [-0.4, -0.2) is 23.1 Å². The van der Waals surface area contributed by atoms with Crippen molar-refractivity contribution in [3.05, 3.63) is 60.2 Å². The van der Waals surface area contributed by atoms with Crippen LogP contribution in [0.25, 0.3) is 0 Å². The molecule has 2 aromatic rings. The van der Waals surface area contributed by atoms with Crippen LogP contribution >= 0.6 is 0 Å². The van der Waals surface area contributed by atoms with E-state index in [4.69, 9.17) is 0 Å². The molecule has 0 aliphatic rings. The number of nitrogens with one attached hydrogen (secondary N) is 1. The Balaban J connectivity index is 1.49. The Kier molecular flexibility index (Phi) is 6.03. The van der Waals surface area contributed by atoms with Gasteiger partial charge in [-0.3, -0.25) is 9.97 Å². The van der Waals surface area contributed by atoms with Gasteiger partial charge in [0.05, 0.1) is 0 Å². The summed E-state index contributed by atoms with van der Waals surface area (Å²) >= 11 is 0. The summed E-state index contributed by atoms with van der Waals surface area (Å²) in [5, 5.41) is 3.49. The van der Waals surface area contributed by atoms with E-state index in [9.17, 15) is 0 Å². The SMILES string of the molecule is c1cncc(CCCNCCCc2cccnc2)c1. The second kappa shape index (κ2) is 8.38. The van der Waals surface area contributed by atoms with Gasteiger partial charge in [-0.25, -0.2) is 0 Å². The summed E-state index contributed by atoms with van der Waals surface area (Å²) in [6, 6.07) is 8.26. The summed E-state index contributed by atoms with van der Waals surface area (Å²) in [5.41, 5.74) is 2.64. The van der Waals surface area contributed by atoms with Crippen molar-refractivity contribution >= 4 is 0 Å². The third kappa shape index (κ3) is 5.62. The molecule has 0 unspecified atom stereocenters. The first-order valence-electron chi connectivity index (χ1n) is 6.94. The molecule has 3 heteroatoms. The molecule has 0 aliphatic heterocycles. The fraction of sp³-hybridized carbons (Fsp3) is 0.375. The lowest BCUT2D eigenvalue weighted by Crippen LogP contribution is -2.17. The number of pyridine rings is 2. The lowest BCUT2D eigenvalue weighted by Gasteiger charge is -2.05. The Bertz CT molecular complexity index is 399. The predicted molar refractivity (Wildman–Crippen MR) is 78.0 cm³/mol.